The lowest BCUT2D eigenvalue weighted by atomic mass is 10.1. The molecule has 14 heavy (non-hydrogen) atoms. The van der Waals surface area contributed by atoms with Crippen LogP contribution in [0, 0.1) is 0 Å². The maximum atomic E-state index is 2.12. The molecule has 0 nitrogen and oxygen atoms in total. The lowest BCUT2D eigenvalue weighted by Crippen LogP contribution is -1.78. The van der Waals surface area contributed by atoms with Gasteiger partial charge in [0.25, 0.3) is 0 Å². The molecule has 0 aliphatic rings. The minimum atomic E-state index is 1.24. The second-order valence-corrected chi connectivity index (χ2v) is 3.01. The Morgan fingerprint density at radius 3 is 2.29 bits per heavy atom. The second kappa shape index (κ2) is 5.98. The van der Waals surface area contributed by atoms with Crippen molar-refractivity contribution in [2.24, 2.45) is 0 Å². The molecule has 0 heteroatoms. The van der Waals surface area contributed by atoms with Gasteiger partial charge in [-0.05, 0) is 25.0 Å². The predicted octanol–water partition coefficient (Wildman–Crippen LogP) is 4.22. The Hall–Kier alpha value is -1.56. The summed E-state index contributed by atoms with van der Waals surface area (Å²) in [5.41, 5.74) is 2.50. The Morgan fingerprint density at radius 1 is 1.00 bits per heavy atom. The van der Waals surface area contributed by atoms with Crippen molar-refractivity contribution >= 4 is 5.57 Å². The molecule has 0 spiro atoms. The first kappa shape index (κ1) is 10.5. The Bertz CT molecular complexity index is 340. The molecule has 0 aliphatic carbocycles. The summed E-state index contributed by atoms with van der Waals surface area (Å²) in [5, 5.41) is 0. The summed E-state index contributed by atoms with van der Waals surface area (Å²) in [4.78, 5) is 0. The SMILES string of the molecule is C\C=C/C(=C\C=C\C)c1ccccc1. The quantitative estimate of drug-likeness (QED) is 0.617. The van der Waals surface area contributed by atoms with Crippen LogP contribution in [0.5, 0.6) is 0 Å². The summed E-state index contributed by atoms with van der Waals surface area (Å²) in [6.45, 7) is 4.06. The van der Waals surface area contributed by atoms with Gasteiger partial charge in [-0.3, -0.25) is 0 Å². The third-order valence-corrected chi connectivity index (χ3v) is 1.92. The molecular weight excluding hydrogens is 168 g/mol. The van der Waals surface area contributed by atoms with Gasteiger partial charge in [0.15, 0.2) is 0 Å². The van der Waals surface area contributed by atoms with Crippen molar-refractivity contribution in [3.63, 3.8) is 0 Å². The van der Waals surface area contributed by atoms with E-state index in [1.165, 1.54) is 11.1 Å². The summed E-state index contributed by atoms with van der Waals surface area (Å²) < 4.78 is 0. The molecule has 1 aromatic rings. The molecule has 0 saturated heterocycles. The van der Waals surface area contributed by atoms with E-state index in [-0.39, 0.29) is 0 Å². The van der Waals surface area contributed by atoms with Crippen LogP contribution in [0.15, 0.2) is 60.7 Å². The zero-order chi connectivity index (χ0) is 10.2. The van der Waals surface area contributed by atoms with Crippen LogP contribution in [0.1, 0.15) is 19.4 Å². The van der Waals surface area contributed by atoms with Crippen LogP contribution in [0.4, 0.5) is 0 Å². The van der Waals surface area contributed by atoms with Gasteiger partial charge in [-0.15, -0.1) is 0 Å². The molecule has 0 aliphatic heterocycles. The van der Waals surface area contributed by atoms with Gasteiger partial charge in [0.2, 0.25) is 0 Å². The van der Waals surface area contributed by atoms with Gasteiger partial charge >= 0.3 is 0 Å². The van der Waals surface area contributed by atoms with Crippen molar-refractivity contribution < 1.29 is 0 Å². The van der Waals surface area contributed by atoms with E-state index in [2.05, 4.69) is 48.6 Å². The molecule has 0 radical (unpaired) electrons. The van der Waals surface area contributed by atoms with E-state index < -0.39 is 0 Å². The maximum absolute atomic E-state index is 2.12. The highest BCUT2D eigenvalue weighted by Crippen LogP contribution is 2.15. The van der Waals surface area contributed by atoms with Crippen molar-refractivity contribution in [1.82, 2.24) is 0 Å². The molecule has 0 bridgehead atoms. The van der Waals surface area contributed by atoms with Crippen LogP contribution in [-0.2, 0) is 0 Å². The minimum absolute atomic E-state index is 1.24. The van der Waals surface area contributed by atoms with E-state index >= 15 is 0 Å². The standard InChI is InChI=1S/C14H16/c1-3-5-10-13(9-4-2)14-11-7-6-8-12-14/h3-12H,1-2H3/b5-3+,9-4-,13-10+. The maximum Gasteiger partial charge on any atom is -0.0184 e. The first-order valence-electron chi connectivity index (χ1n) is 4.89. The van der Waals surface area contributed by atoms with Crippen molar-refractivity contribution in [2.75, 3.05) is 0 Å². The fourth-order valence-corrected chi connectivity index (χ4v) is 1.26. The van der Waals surface area contributed by atoms with Crippen LogP contribution in [0.3, 0.4) is 0 Å². The fraction of sp³-hybridized carbons (Fsp3) is 0.143. The van der Waals surface area contributed by atoms with Crippen molar-refractivity contribution in [3.05, 3.63) is 66.3 Å². The van der Waals surface area contributed by atoms with Crippen LogP contribution in [-0.4, -0.2) is 0 Å². The second-order valence-electron chi connectivity index (χ2n) is 3.01. The number of benzene rings is 1. The van der Waals surface area contributed by atoms with E-state index in [9.17, 15) is 0 Å². The number of hydrogen-bond donors (Lipinski definition) is 0. The van der Waals surface area contributed by atoms with E-state index in [0.29, 0.717) is 0 Å². The van der Waals surface area contributed by atoms with Crippen molar-refractivity contribution in [1.29, 1.82) is 0 Å². The monoisotopic (exact) mass is 184 g/mol. The lowest BCUT2D eigenvalue weighted by Gasteiger charge is -2.00. The van der Waals surface area contributed by atoms with E-state index in [1.807, 2.05) is 26.0 Å². The Kier molecular flexibility index (Phi) is 4.49. The Labute approximate surface area is 86.3 Å². The molecule has 1 aromatic carbocycles. The largest absolute Gasteiger partial charge is 0.0876 e. The Morgan fingerprint density at radius 2 is 1.71 bits per heavy atom. The zero-order valence-corrected chi connectivity index (χ0v) is 8.77. The fourth-order valence-electron chi connectivity index (χ4n) is 1.26. The van der Waals surface area contributed by atoms with Gasteiger partial charge in [0, 0.05) is 0 Å². The molecule has 0 unspecified atom stereocenters. The molecule has 0 heterocycles. The molecule has 0 saturated carbocycles. The molecule has 1 rings (SSSR count). The average molecular weight is 184 g/mol. The first-order chi connectivity index (χ1) is 6.88. The van der Waals surface area contributed by atoms with E-state index in [1.54, 1.807) is 0 Å². The summed E-state index contributed by atoms with van der Waals surface area (Å²) in [5.74, 6) is 0. The van der Waals surface area contributed by atoms with Crippen LogP contribution < -0.4 is 0 Å². The van der Waals surface area contributed by atoms with Gasteiger partial charge in [0.05, 0.1) is 0 Å². The van der Waals surface area contributed by atoms with Gasteiger partial charge in [-0.1, -0.05) is 60.7 Å². The summed E-state index contributed by atoms with van der Waals surface area (Å²) in [6, 6.07) is 10.4. The summed E-state index contributed by atoms with van der Waals surface area (Å²) in [6.07, 6.45) is 10.4. The summed E-state index contributed by atoms with van der Waals surface area (Å²) >= 11 is 0. The normalized spacial score (nSPS) is 12.9. The van der Waals surface area contributed by atoms with Crippen LogP contribution in [0.25, 0.3) is 5.57 Å². The highest BCUT2D eigenvalue weighted by Gasteiger charge is 1.93. The lowest BCUT2D eigenvalue weighted by molar-refractivity contribution is 1.60. The van der Waals surface area contributed by atoms with Crippen LogP contribution in [0.2, 0.25) is 0 Å². The summed E-state index contributed by atoms with van der Waals surface area (Å²) in [7, 11) is 0. The van der Waals surface area contributed by atoms with Crippen molar-refractivity contribution in [3.8, 4) is 0 Å². The zero-order valence-electron chi connectivity index (χ0n) is 8.77. The minimum Gasteiger partial charge on any atom is -0.0876 e. The molecule has 0 amide bonds. The molecule has 0 N–H and O–H groups in total. The van der Waals surface area contributed by atoms with Crippen molar-refractivity contribution in [2.45, 2.75) is 13.8 Å². The van der Waals surface area contributed by atoms with Gasteiger partial charge in [-0.25, -0.2) is 0 Å². The smallest absolute Gasteiger partial charge is 0.0184 e. The molecule has 0 atom stereocenters. The van der Waals surface area contributed by atoms with E-state index in [0.717, 1.165) is 0 Å². The van der Waals surface area contributed by atoms with Gasteiger partial charge in [-0.2, -0.15) is 0 Å². The molecule has 0 aromatic heterocycles. The molecular formula is C14H16. The molecule has 72 valence electrons. The van der Waals surface area contributed by atoms with Gasteiger partial charge in [0.1, 0.15) is 0 Å². The Balaban J connectivity index is 3.00. The first-order valence-corrected chi connectivity index (χ1v) is 4.89. The topological polar surface area (TPSA) is 0 Å². The van der Waals surface area contributed by atoms with Gasteiger partial charge < -0.3 is 0 Å². The predicted molar refractivity (Wildman–Crippen MR) is 64.0 cm³/mol. The molecule has 0 fully saturated rings. The van der Waals surface area contributed by atoms with Crippen LogP contribution >= 0.6 is 0 Å². The third kappa shape index (κ3) is 3.06. The highest BCUT2D eigenvalue weighted by atomic mass is 14.0. The number of hydrogen-bond acceptors (Lipinski definition) is 0. The highest BCUT2D eigenvalue weighted by molar-refractivity contribution is 5.74. The van der Waals surface area contributed by atoms with E-state index in [4.69, 9.17) is 0 Å². The number of allylic oxidation sites excluding steroid dienone is 6. The average Bonchev–Trinajstić information content (AvgIpc) is 2.25. The number of rotatable bonds is 3. The third-order valence-electron chi connectivity index (χ3n) is 1.92.